The molecule has 0 spiro atoms. The molecule has 0 aliphatic rings. The topological polar surface area (TPSA) is 43.8 Å². The van der Waals surface area contributed by atoms with Gasteiger partial charge in [0, 0.05) is 30.2 Å². The Balaban J connectivity index is 2.46. The van der Waals surface area contributed by atoms with Crippen molar-refractivity contribution in [3.05, 3.63) is 52.3 Å². The summed E-state index contributed by atoms with van der Waals surface area (Å²) in [6, 6.07) is 9.98. The van der Waals surface area contributed by atoms with Gasteiger partial charge in [-0.05, 0) is 23.6 Å². The number of halogens is 1. The monoisotopic (exact) mass is 277 g/mol. The Kier molecular flexibility index (Phi) is 4.27. The van der Waals surface area contributed by atoms with Gasteiger partial charge in [-0.1, -0.05) is 43.6 Å². The molecule has 0 saturated heterocycles. The first-order chi connectivity index (χ1) is 9.04. The standard InChI is InChI=1S/C15H20ClN3/c1-10(2)14-8-15(19(3)18-14)12(9-17)11-6-4-5-7-13(11)16/h4-8,10,12H,9,17H2,1-3H3. The summed E-state index contributed by atoms with van der Waals surface area (Å²) < 4.78 is 1.91. The van der Waals surface area contributed by atoms with E-state index in [4.69, 9.17) is 17.3 Å². The van der Waals surface area contributed by atoms with Crippen molar-refractivity contribution in [2.75, 3.05) is 6.54 Å². The molecule has 0 saturated carbocycles. The molecule has 2 N–H and O–H groups in total. The van der Waals surface area contributed by atoms with Gasteiger partial charge in [-0.15, -0.1) is 0 Å². The summed E-state index contributed by atoms with van der Waals surface area (Å²) in [5.74, 6) is 0.489. The van der Waals surface area contributed by atoms with E-state index in [1.807, 2.05) is 36.0 Å². The second-order valence-electron chi connectivity index (χ2n) is 5.08. The molecule has 3 nitrogen and oxygen atoms in total. The van der Waals surface area contributed by atoms with E-state index in [-0.39, 0.29) is 5.92 Å². The van der Waals surface area contributed by atoms with Crippen molar-refractivity contribution >= 4 is 11.6 Å². The van der Waals surface area contributed by atoms with Crippen LogP contribution in [0.25, 0.3) is 0 Å². The summed E-state index contributed by atoms with van der Waals surface area (Å²) in [6.45, 7) is 4.79. The summed E-state index contributed by atoms with van der Waals surface area (Å²) in [6.07, 6.45) is 0. The Morgan fingerprint density at radius 1 is 1.32 bits per heavy atom. The first kappa shape index (κ1) is 14.1. The highest BCUT2D eigenvalue weighted by molar-refractivity contribution is 6.31. The SMILES string of the molecule is CC(C)c1cc(C(CN)c2ccccc2Cl)n(C)n1. The van der Waals surface area contributed by atoms with Gasteiger partial charge in [0.15, 0.2) is 0 Å². The Hall–Kier alpha value is -1.32. The van der Waals surface area contributed by atoms with Crippen LogP contribution in [-0.2, 0) is 7.05 Å². The molecule has 2 aromatic rings. The summed E-state index contributed by atoms with van der Waals surface area (Å²) in [5, 5.41) is 5.31. The molecule has 0 bridgehead atoms. The van der Waals surface area contributed by atoms with Crippen LogP contribution in [0.2, 0.25) is 5.02 Å². The minimum atomic E-state index is 0.0821. The van der Waals surface area contributed by atoms with Gasteiger partial charge < -0.3 is 5.73 Å². The summed E-state index contributed by atoms with van der Waals surface area (Å²) in [5.41, 5.74) is 9.22. The van der Waals surface area contributed by atoms with Crippen molar-refractivity contribution in [2.45, 2.75) is 25.7 Å². The quantitative estimate of drug-likeness (QED) is 0.932. The number of nitrogens with two attached hydrogens (primary N) is 1. The molecule has 1 aromatic carbocycles. The highest BCUT2D eigenvalue weighted by Crippen LogP contribution is 2.30. The van der Waals surface area contributed by atoms with Gasteiger partial charge in [0.05, 0.1) is 5.69 Å². The van der Waals surface area contributed by atoms with Gasteiger partial charge in [0.2, 0.25) is 0 Å². The molecule has 2 rings (SSSR count). The Morgan fingerprint density at radius 3 is 2.53 bits per heavy atom. The lowest BCUT2D eigenvalue weighted by Gasteiger charge is -2.16. The second kappa shape index (κ2) is 5.76. The Labute approximate surface area is 119 Å². The zero-order valence-corrected chi connectivity index (χ0v) is 12.4. The first-order valence-electron chi connectivity index (χ1n) is 6.53. The van der Waals surface area contributed by atoms with E-state index in [2.05, 4.69) is 25.0 Å². The molecule has 102 valence electrons. The average molecular weight is 278 g/mol. The lowest BCUT2D eigenvalue weighted by Crippen LogP contribution is -2.17. The van der Waals surface area contributed by atoms with E-state index >= 15 is 0 Å². The number of aryl methyl sites for hydroxylation is 1. The zero-order valence-electron chi connectivity index (χ0n) is 11.6. The molecule has 0 amide bonds. The van der Waals surface area contributed by atoms with Crippen LogP contribution in [0.4, 0.5) is 0 Å². The predicted molar refractivity (Wildman–Crippen MR) is 79.6 cm³/mol. The van der Waals surface area contributed by atoms with Crippen LogP contribution in [0, 0.1) is 0 Å². The number of hydrogen-bond donors (Lipinski definition) is 1. The fourth-order valence-corrected chi connectivity index (χ4v) is 2.55. The molecule has 1 unspecified atom stereocenters. The fourth-order valence-electron chi connectivity index (χ4n) is 2.28. The lowest BCUT2D eigenvalue weighted by molar-refractivity contribution is 0.649. The molecule has 1 heterocycles. The molecule has 1 aromatic heterocycles. The highest BCUT2D eigenvalue weighted by Gasteiger charge is 2.20. The van der Waals surface area contributed by atoms with Crippen LogP contribution in [-0.4, -0.2) is 16.3 Å². The predicted octanol–water partition coefficient (Wildman–Crippen LogP) is 3.29. The smallest absolute Gasteiger partial charge is 0.0653 e. The van der Waals surface area contributed by atoms with E-state index in [1.54, 1.807) is 0 Å². The number of hydrogen-bond acceptors (Lipinski definition) is 2. The third-order valence-corrected chi connectivity index (χ3v) is 3.74. The minimum absolute atomic E-state index is 0.0821. The molecular formula is C15H20ClN3. The lowest BCUT2D eigenvalue weighted by atomic mass is 9.95. The largest absolute Gasteiger partial charge is 0.329 e. The third-order valence-electron chi connectivity index (χ3n) is 3.40. The maximum absolute atomic E-state index is 6.28. The molecule has 4 heteroatoms. The van der Waals surface area contributed by atoms with Crippen molar-refractivity contribution in [1.82, 2.24) is 9.78 Å². The van der Waals surface area contributed by atoms with E-state index in [0.717, 1.165) is 22.0 Å². The number of rotatable bonds is 4. The highest BCUT2D eigenvalue weighted by atomic mass is 35.5. The molecule has 0 aliphatic carbocycles. The fraction of sp³-hybridized carbons (Fsp3) is 0.400. The van der Waals surface area contributed by atoms with Gasteiger partial charge in [0.25, 0.3) is 0 Å². The number of nitrogens with zero attached hydrogens (tertiary/aromatic N) is 2. The summed E-state index contributed by atoms with van der Waals surface area (Å²) in [4.78, 5) is 0. The van der Waals surface area contributed by atoms with Gasteiger partial charge in [0.1, 0.15) is 0 Å². The van der Waals surface area contributed by atoms with E-state index in [1.165, 1.54) is 0 Å². The Bertz CT molecular complexity index is 560. The van der Waals surface area contributed by atoms with Crippen molar-refractivity contribution in [1.29, 1.82) is 0 Å². The maximum Gasteiger partial charge on any atom is 0.0653 e. The first-order valence-corrected chi connectivity index (χ1v) is 6.90. The van der Waals surface area contributed by atoms with Crippen molar-refractivity contribution in [3.63, 3.8) is 0 Å². The average Bonchev–Trinajstić information content (AvgIpc) is 2.75. The molecule has 19 heavy (non-hydrogen) atoms. The van der Waals surface area contributed by atoms with Crippen LogP contribution in [0.3, 0.4) is 0 Å². The minimum Gasteiger partial charge on any atom is -0.329 e. The molecular weight excluding hydrogens is 258 g/mol. The van der Waals surface area contributed by atoms with Crippen molar-refractivity contribution < 1.29 is 0 Å². The molecule has 1 atom stereocenters. The van der Waals surface area contributed by atoms with E-state index in [0.29, 0.717) is 12.5 Å². The summed E-state index contributed by atoms with van der Waals surface area (Å²) in [7, 11) is 1.96. The van der Waals surface area contributed by atoms with Crippen LogP contribution >= 0.6 is 11.6 Å². The summed E-state index contributed by atoms with van der Waals surface area (Å²) >= 11 is 6.28. The van der Waals surface area contributed by atoms with E-state index < -0.39 is 0 Å². The van der Waals surface area contributed by atoms with Gasteiger partial charge in [-0.2, -0.15) is 5.10 Å². The van der Waals surface area contributed by atoms with E-state index in [9.17, 15) is 0 Å². The normalized spacial score (nSPS) is 12.9. The molecule has 0 fully saturated rings. The maximum atomic E-state index is 6.28. The van der Waals surface area contributed by atoms with Gasteiger partial charge in [-0.25, -0.2) is 0 Å². The van der Waals surface area contributed by atoms with Gasteiger partial charge in [-0.3, -0.25) is 4.68 Å². The van der Waals surface area contributed by atoms with Crippen LogP contribution in [0.15, 0.2) is 30.3 Å². The van der Waals surface area contributed by atoms with Crippen LogP contribution in [0.5, 0.6) is 0 Å². The zero-order chi connectivity index (χ0) is 14.0. The Morgan fingerprint density at radius 2 is 2.00 bits per heavy atom. The second-order valence-corrected chi connectivity index (χ2v) is 5.49. The number of aromatic nitrogens is 2. The molecule has 0 radical (unpaired) electrons. The van der Waals surface area contributed by atoms with Crippen molar-refractivity contribution in [3.8, 4) is 0 Å². The van der Waals surface area contributed by atoms with Crippen LogP contribution in [0.1, 0.15) is 42.6 Å². The van der Waals surface area contributed by atoms with Crippen molar-refractivity contribution in [2.24, 2.45) is 12.8 Å². The molecule has 0 aliphatic heterocycles. The van der Waals surface area contributed by atoms with Gasteiger partial charge >= 0.3 is 0 Å². The third kappa shape index (κ3) is 2.82. The number of benzene rings is 1. The van der Waals surface area contributed by atoms with Crippen LogP contribution < -0.4 is 5.73 Å².